The number of likely N-dealkylation sites (N-methyl/N-ethyl adjacent to an activating group) is 2. The fourth-order valence-electron chi connectivity index (χ4n) is 7.03. The van der Waals surface area contributed by atoms with Gasteiger partial charge < -0.3 is 33.3 Å². The lowest BCUT2D eigenvalue weighted by Crippen LogP contribution is -2.34. The van der Waals surface area contributed by atoms with Gasteiger partial charge in [-0.2, -0.15) is 0 Å². The molecule has 4 aromatic carbocycles. The predicted molar refractivity (Wildman–Crippen MR) is 178 cm³/mol. The lowest BCUT2D eigenvalue weighted by atomic mass is 9.87. The van der Waals surface area contributed by atoms with Crippen molar-refractivity contribution in [2.75, 3.05) is 49.1 Å². The zero-order valence-corrected chi connectivity index (χ0v) is 27.3. The first-order valence-corrected chi connectivity index (χ1v) is 15.6. The maximum atomic E-state index is 6.76. The van der Waals surface area contributed by atoms with Gasteiger partial charge in [0.15, 0.2) is 23.0 Å². The number of methoxy groups -OCH3 is 4. The summed E-state index contributed by atoms with van der Waals surface area (Å²) in [6, 6.07) is 20.9. The summed E-state index contributed by atoms with van der Waals surface area (Å²) in [6.45, 7) is 0.924. The Morgan fingerprint density at radius 2 is 1.20 bits per heavy atom. The zero-order valence-electron chi connectivity index (χ0n) is 27.3. The fourth-order valence-corrected chi connectivity index (χ4v) is 7.03. The van der Waals surface area contributed by atoms with Crippen molar-refractivity contribution in [3.05, 3.63) is 100 Å². The minimum atomic E-state index is -0.0125. The van der Waals surface area contributed by atoms with Gasteiger partial charge in [0.25, 0.3) is 0 Å². The van der Waals surface area contributed by atoms with Crippen LogP contribution >= 0.6 is 0 Å². The van der Waals surface area contributed by atoms with Gasteiger partial charge in [-0.05, 0) is 97.2 Å². The lowest BCUT2D eigenvalue weighted by Gasteiger charge is -2.37. The van der Waals surface area contributed by atoms with Gasteiger partial charge in [-0.1, -0.05) is 24.3 Å². The Hall–Kier alpha value is -4.82. The molecule has 8 nitrogen and oxygen atoms in total. The molecule has 6 heterocycles. The van der Waals surface area contributed by atoms with Crippen molar-refractivity contribution in [2.24, 2.45) is 0 Å². The van der Waals surface area contributed by atoms with Crippen LogP contribution in [0.3, 0.4) is 0 Å². The van der Waals surface area contributed by atoms with E-state index in [1.807, 2.05) is 30.3 Å². The van der Waals surface area contributed by atoms with E-state index in [4.69, 9.17) is 28.4 Å². The summed E-state index contributed by atoms with van der Waals surface area (Å²) in [7, 11) is 10.9. The third-order valence-corrected chi connectivity index (χ3v) is 9.50. The summed E-state index contributed by atoms with van der Waals surface area (Å²) in [6.07, 6.45) is 6.61. The van der Waals surface area contributed by atoms with Crippen LogP contribution in [0.5, 0.6) is 46.0 Å². The van der Waals surface area contributed by atoms with E-state index in [1.165, 1.54) is 11.1 Å². The highest BCUT2D eigenvalue weighted by Crippen LogP contribution is 2.52. The van der Waals surface area contributed by atoms with Crippen LogP contribution in [0.25, 0.3) is 6.08 Å². The van der Waals surface area contributed by atoms with Gasteiger partial charge >= 0.3 is 0 Å². The van der Waals surface area contributed by atoms with Gasteiger partial charge in [0.1, 0.15) is 11.5 Å². The molecule has 0 saturated carbocycles. The second kappa shape index (κ2) is 12.2. The first-order valence-electron chi connectivity index (χ1n) is 15.6. The molecule has 4 bridgehead atoms. The standard InChI is InChI=1S/C38H40N2O6/c1-39-17-15-25-21-31(41-3)35(43-5)37-33(25)29(39)19-23-7-11-28(12-8-23)46-38-34-26(22-32(42-4)36(38)44-6)16-18-40(2)30(34)20-24-9-13-27(45-37)14-10-24/h7-15,17,21-22,29-30H,16,18-20H2,1-6H3/t29-,30-/m1/s1. The number of rotatable bonds is 4. The number of hydrogen-bond donors (Lipinski definition) is 0. The molecule has 0 spiro atoms. The second-order valence-electron chi connectivity index (χ2n) is 12.1. The fraction of sp³-hybridized carbons (Fsp3) is 0.316. The van der Waals surface area contributed by atoms with E-state index in [0.717, 1.165) is 59.6 Å². The van der Waals surface area contributed by atoms with Crippen LogP contribution in [0, 0.1) is 0 Å². The molecule has 0 fully saturated rings. The Morgan fingerprint density at radius 1 is 0.652 bits per heavy atom. The third-order valence-electron chi connectivity index (χ3n) is 9.50. The summed E-state index contributed by atoms with van der Waals surface area (Å²) < 4.78 is 36.9. The maximum Gasteiger partial charge on any atom is 0.204 e. The monoisotopic (exact) mass is 620 g/mol. The summed E-state index contributed by atoms with van der Waals surface area (Å²) in [5, 5.41) is 0. The molecule has 0 aliphatic carbocycles. The van der Waals surface area contributed by atoms with E-state index >= 15 is 0 Å². The van der Waals surface area contributed by atoms with Gasteiger partial charge in [0.05, 0.1) is 34.5 Å². The molecule has 0 N–H and O–H groups in total. The van der Waals surface area contributed by atoms with Crippen LogP contribution in [0.2, 0.25) is 0 Å². The highest BCUT2D eigenvalue weighted by molar-refractivity contribution is 5.70. The van der Waals surface area contributed by atoms with Crippen LogP contribution in [0.15, 0.2) is 66.9 Å². The van der Waals surface area contributed by atoms with Crippen LogP contribution in [0.1, 0.15) is 45.5 Å². The Bertz CT molecular complexity index is 1780. The van der Waals surface area contributed by atoms with Gasteiger partial charge in [0, 0.05) is 30.8 Å². The molecule has 4 aromatic rings. The zero-order chi connectivity index (χ0) is 31.9. The summed E-state index contributed by atoms with van der Waals surface area (Å²) in [4.78, 5) is 4.61. The van der Waals surface area contributed by atoms with E-state index in [-0.39, 0.29) is 12.1 Å². The van der Waals surface area contributed by atoms with Gasteiger partial charge in [0.2, 0.25) is 11.5 Å². The van der Waals surface area contributed by atoms with E-state index in [1.54, 1.807) is 28.4 Å². The van der Waals surface area contributed by atoms with Gasteiger partial charge in [-0.3, -0.25) is 4.90 Å². The molecule has 10 rings (SSSR count). The highest BCUT2D eigenvalue weighted by Gasteiger charge is 2.34. The molecular formula is C38H40N2O6. The first kappa shape index (κ1) is 29.9. The Balaban J connectivity index is 1.41. The molecular weight excluding hydrogens is 580 g/mol. The maximum absolute atomic E-state index is 6.76. The van der Waals surface area contributed by atoms with Crippen molar-refractivity contribution in [3.8, 4) is 46.0 Å². The van der Waals surface area contributed by atoms with E-state index in [9.17, 15) is 0 Å². The van der Waals surface area contributed by atoms with Crippen LogP contribution < -0.4 is 28.4 Å². The Kier molecular flexibility index (Phi) is 7.90. The largest absolute Gasteiger partial charge is 0.493 e. The normalized spacial score (nSPS) is 18.4. The number of hydrogen-bond acceptors (Lipinski definition) is 8. The lowest BCUT2D eigenvalue weighted by molar-refractivity contribution is 0.221. The molecule has 8 heteroatoms. The summed E-state index contributed by atoms with van der Waals surface area (Å²) in [5.41, 5.74) is 6.78. The topological polar surface area (TPSA) is 61.9 Å². The SMILES string of the molecule is COc1cc2c3c(c1OC)Oc1ccc(cc1)C[C@@H]1c4c(cc(OC)c(OC)c4Oc4ccc(cc4)C[C@H]3N(C)C=C2)CCN1C. The average Bonchev–Trinajstić information content (AvgIpc) is 3.07. The van der Waals surface area contributed by atoms with Gasteiger partial charge in [-0.25, -0.2) is 0 Å². The number of nitrogens with zero attached hydrogens (tertiary/aromatic N) is 2. The van der Waals surface area contributed by atoms with Crippen LogP contribution in [-0.2, 0) is 19.3 Å². The Labute approximate surface area is 270 Å². The minimum Gasteiger partial charge on any atom is -0.493 e. The van der Waals surface area contributed by atoms with Gasteiger partial charge in [-0.15, -0.1) is 0 Å². The molecule has 0 radical (unpaired) electrons. The smallest absolute Gasteiger partial charge is 0.204 e. The van der Waals surface area contributed by atoms with Crippen LogP contribution in [-0.4, -0.2) is 58.9 Å². The summed E-state index contributed by atoms with van der Waals surface area (Å²) >= 11 is 0. The number of ether oxygens (including phenoxy) is 6. The second-order valence-corrected chi connectivity index (χ2v) is 12.1. The van der Waals surface area contributed by atoms with Crippen molar-refractivity contribution in [1.29, 1.82) is 0 Å². The molecule has 238 valence electrons. The Morgan fingerprint density at radius 3 is 1.76 bits per heavy atom. The molecule has 0 amide bonds. The van der Waals surface area contributed by atoms with Crippen molar-refractivity contribution >= 4 is 6.08 Å². The molecule has 6 aliphatic rings. The van der Waals surface area contributed by atoms with Crippen molar-refractivity contribution in [3.63, 3.8) is 0 Å². The molecule has 46 heavy (non-hydrogen) atoms. The first-order chi connectivity index (χ1) is 22.4. The molecule has 2 atom stereocenters. The van der Waals surface area contributed by atoms with Crippen molar-refractivity contribution in [2.45, 2.75) is 31.3 Å². The minimum absolute atomic E-state index is 0.0125. The molecule has 0 saturated heterocycles. The summed E-state index contributed by atoms with van der Waals surface area (Å²) in [5.74, 6) is 5.33. The average molecular weight is 621 g/mol. The third kappa shape index (κ3) is 5.16. The predicted octanol–water partition coefficient (Wildman–Crippen LogP) is 7.59. The van der Waals surface area contributed by atoms with Crippen molar-refractivity contribution < 1.29 is 28.4 Å². The molecule has 6 aliphatic heterocycles. The van der Waals surface area contributed by atoms with E-state index in [0.29, 0.717) is 34.5 Å². The molecule has 0 aromatic heterocycles. The molecule has 0 unspecified atom stereocenters. The van der Waals surface area contributed by atoms with E-state index in [2.05, 4.69) is 66.5 Å². The van der Waals surface area contributed by atoms with Crippen molar-refractivity contribution in [1.82, 2.24) is 9.80 Å². The highest BCUT2D eigenvalue weighted by atomic mass is 16.5. The van der Waals surface area contributed by atoms with E-state index < -0.39 is 0 Å². The quantitative estimate of drug-likeness (QED) is 0.231. The number of benzene rings is 4. The van der Waals surface area contributed by atoms with Crippen LogP contribution in [0.4, 0.5) is 0 Å².